The monoisotopic (exact) mass is 195 g/mol. The standard InChI is InChI=1S/C8H9N3O3/c1-11(5-7(12)13)8(14)6-4-9-2-3-10-6/h2-4H,5H2,1H3,(H,12,13). The van der Waals surface area contributed by atoms with E-state index in [1.54, 1.807) is 0 Å². The van der Waals surface area contributed by atoms with E-state index in [0.717, 1.165) is 4.90 Å². The molecule has 0 fully saturated rings. The zero-order chi connectivity index (χ0) is 10.6. The number of carboxylic acids is 1. The molecule has 0 atom stereocenters. The van der Waals surface area contributed by atoms with Crippen molar-refractivity contribution in [3.8, 4) is 0 Å². The highest BCUT2D eigenvalue weighted by atomic mass is 16.4. The van der Waals surface area contributed by atoms with Crippen molar-refractivity contribution in [2.75, 3.05) is 13.6 Å². The summed E-state index contributed by atoms with van der Waals surface area (Å²) < 4.78 is 0. The lowest BCUT2D eigenvalue weighted by Gasteiger charge is -2.12. The lowest BCUT2D eigenvalue weighted by Crippen LogP contribution is -2.32. The first kappa shape index (κ1) is 10.1. The van der Waals surface area contributed by atoms with Crippen molar-refractivity contribution in [2.45, 2.75) is 0 Å². The van der Waals surface area contributed by atoms with Gasteiger partial charge in [-0.3, -0.25) is 14.6 Å². The lowest BCUT2D eigenvalue weighted by atomic mass is 10.4. The highest BCUT2D eigenvalue weighted by molar-refractivity contribution is 5.93. The smallest absolute Gasteiger partial charge is 0.323 e. The van der Waals surface area contributed by atoms with Crippen LogP contribution in [0.4, 0.5) is 0 Å². The van der Waals surface area contributed by atoms with Crippen molar-refractivity contribution in [3.63, 3.8) is 0 Å². The van der Waals surface area contributed by atoms with E-state index in [1.807, 2.05) is 0 Å². The minimum atomic E-state index is -1.07. The Balaban J connectivity index is 2.71. The number of aromatic nitrogens is 2. The molecule has 74 valence electrons. The molecule has 1 rings (SSSR count). The summed E-state index contributed by atoms with van der Waals surface area (Å²) in [6, 6.07) is 0. The Morgan fingerprint density at radius 1 is 1.50 bits per heavy atom. The molecule has 0 radical (unpaired) electrons. The largest absolute Gasteiger partial charge is 0.480 e. The molecule has 0 saturated carbocycles. The SMILES string of the molecule is CN(CC(=O)O)C(=O)c1cnccn1. The Labute approximate surface area is 80.2 Å². The van der Waals surface area contributed by atoms with Crippen LogP contribution in [0.1, 0.15) is 10.5 Å². The third-order valence-electron chi connectivity index (χ3n) is 1.50. The number of carbonyl (C=O) groups is 2. The van der Waals surface area contributed by atoms with Crippen molar-refractivity contribution in [2.24, 2.45) is 0 Å². The zero-order valence-electron chi connectivity index (χ0n) is 7.54. The molecule has 0 bridgehead atoms. The van der Waals surface area contributed by atoms with E-state index in [1.165, 1.54) is 25.6 Å². The van der Waals surface area contributed by atoms with Crippen LogP contribution in [0.15, 0.2) is 18.6 Å². The predicted octanol–water partition coefficient (Wildman–Crippen LogP) is -0.367. The van der Waals surface area contributed by atoms with Gasteiger partial charge in [-0.05, 0) is 0 Å². The van der Waals surface area contributed by atoms with Gasteiger partial charge in [0.25, 0.3) is 5.91 Å². The molecule has 0 aromatic carbocycles. The van der Waals surface area contributed by atoms with Gasteiger partial charge in [0.05, 0.1) is 6.20 Å². The summed E-state index contributed by atoms with van der Waals surface area (Å²) in [6.07, 6.45) is 4.11. The topological polar surface area (TPSA) is 83.4 Å². The summed E-state index contributed by atoms with van der Waals surface area (Å²) in [5.74, 6) is -1.52. The second kappa shape index (κ2) is 4.31. The molecule has 0 aliphatic rings. The third kappa shape index (κ3) is 2.51. The molecule has 0 spiro atoms. The number of hydrogen-bond donors (Lipinski definition) is 1. The quantitative estimate of drug-likeness (QED) is 0.711. The molecular weight excluding hydrogens is 186 g/mol. The molecule has 0 saturated heterocycles. The molecular formula is C8H9N3O3. The van der Waals surface area contributed by atoms with E-state index in [9.17, 15) is 9.59 Å². The molecule has 6 heteroatoms. The number of carbonyl (C=O) groups excluding carboxylic acids is 1. The maximum atomic E-state index is 11.4. The van der Waals surface area contributed by atoms with Crippen LogP contribution < -0.4 is 0 Å². The zero-order valence-corrected chi connectivity index (χ0v) is 7.54. The van der Waals surface area contributed by atoms with Crippen LogP contribution in [0.5, 0.6) is 0 Å². The van der Waals surface area contributed by atoms with Gasteiger partial charge in [-0.2, -0.15) is 0 Å². The fourth-order valence-corrected chi connectivity index (χ4v) is 0.880. The Bertz CT molecular complexity index is 339. The number of amides is 1. The summed E-state index contributed by atoms with van der Waals surface area (Å²) in [6.45, 7) is -0.352. The minimum absolute atomic E-state index is 0.135. The van der Waals surface area contributed by atoms with E-state index in [2.05, 4.69) is 9.97 Å². The third-order valence-corrected chi connectivity index (χ3v) is 1.50. The Kier molecular flexibility index (Phi) is 3.11. The number of carboxylic acid groups (broad SMARTS) is 1. The van der Waals surface area contributed by atoms with Gasteiger partial charge in [-0.15, -0.1) is 0 Å². The average Bonchev–Trinajstić information content (AvgIpc) is 2.17. The maximum absolute atomic E-state index is 11.4. The molecule has 1 heterocycles. The van der Waals surface area contributed by atoms with Gasteiger partial charge in [0.1, 0.15) is 12.2 Å². The van der Waals surface area contributed by atoms with Crippen molar-refractivity contribution in [3.05, 3.63) is 24.3 Å². The van der Waals surface area contributed by atoms with Crippen LogP contribution in [0.25, 0.3) is 0 Å². The van der Waals surface area contributed by atoms with Crippen LogP contribution in [-0.4, -0.2) is 45.4 Å². The molecule has 1 N–H and O–H groups in total. The fraction of sp³-hybridized carbons (Fsp3) is 0.250. The highest BCUT2D eigenvalue weighted by Crippen LogP contribution is 1.96. The Hall–Kier alpha value is -1.98. The molecule has 0 aliphatic heterocycles. The van der Waals surface area contributed by atoms with Crippen molar-refractivity contribution >= 4 is 11.9 Å². The van der Waals surface area contributed by atoms with Crippen LogP contribution in [0.2, 0.25) is 0 Å². The maximum Gasteiger partial charge on any atom is 0.323 e. The number of likely N-dealkylation sites (N-methyl/N-ethyl adjacent to an activating group) is 1. The van der Waals surface area contributed by atoms with Gasteiger partial charge in [-0.25, -0.2) is 4.98 Å². The molecule has 1 amide bonds. The molecule has 1 aromatic heterocycles. The van der Waals surface area contributed by atoms with Crippen LogP contribution in [-0.2, 0) is 4.79 Å². The molecule has 0 unspecified atom stereocenters. The van der Waals surface area contributed by atoms with Gasteiger partial charge in [-0.1, -0.05) is 0 Å². The average molecular weight is 195 g/mol. The van der Waals surface area contributed by atoms with Crippen LogP contribution in [0, 0.1) is 0 Å². The van der Waals surface area contributed by atoms with Crippen molar-refractivity contribution in [1.29, 1.82) is 0 Å². The first-order chi connectivity index (χ1) is 6.61. The normalized spacial score (nSPS) is 9.50. The van der Waals surface area contributed by atoms with E-state index in [-0.39, 0.29) is 12.2 Å². The highest BCUT2D eigenvalue weighted by Gasteiger charge is 2.14. The predicted molar refractivity (Wildman–Crippen MR) is 46.6 cm³/mol. The van der Waals surface area contributed by atoms with E-state index >= 15 is 0 Å². The molecule has 14 heavy (non-hydrogen) atoms. The number of hydrogen-bond acceptors (Lipinski definition) is 4. The first-order valence-electron chi connectivity index (χ1n) is 3.84. The summed E-state index contributed by atoms with van der Waals surface area (Å²) >= 11 is 0. The van der Waals surface area contributed by atoms with Crippen molar-refractivity contribution in [1.82, 2.24) is 14.9 Å². The molecule has 6 nitrogen and oxygen atoms in total. The Morgan fingerprint density at radius 3 is 2.71 bits per heavy atom. The minimum Gasteiger partial charge on any atom is -0.480 e. The number of aliphatic carboxylic acids is 1. The van der Waals surface area contributed by atoms with E-state index in [0.29, 0.717) is 0 Å². The second-order valence-corrected chi connectivity index (χ2v) is 2.65. The van der Waals surface area contributed by atoms with Gasteiger partial charge in [0, 0.05) is 19.4 Å². The summed E-state index contributed by atoms with van der Waals surface area (Å²) in [4.78, 5) is 30.3. The molecule has 0 aliphatic carbocycles. The number of nitrogens with zero attached hydrogens (tertiary/aromatic N) is 3. The van der Waals surface area contributed by atoms with Gasteiger partial charge >= 0.3 is 5.97 Å². The Morgan fingerprint density at radius 2 is 2.21 bits per heavy atom. The second-order valence-electron chi connectivity index (χ2n) is 2.65. The van der Waals surface area contributed by atoms with E-state index < -0.39 is 11.9 Å². The lowest BCUT2D eigenvalue weighted by molar-refractivity contribution is -0.137. The summed E-state index contributed by atoms with van der Waals surface area (Å²) in [5.41, 5.74) is 0.135. The molecule has 1 aromatic rings. The summed E-state index contributed by atoms with van der Waals surface area (Å²) in [7, 11) is 1.39. The first-order valence-corrected chi connectivity index (χ1v) is 3.84. The van der Waals surface area contributed by atoms with Crippen LogP contribution in [0.3, 0.4) is 0 Å². The van der Waals surface area contributed by atoms with Gasteiger partial charge in [0.2, 0.25) is 0 Å². The fourth-order valence-electron chi connectivity index (χ4n) is 0.880. The van der Waals surface area contributed by atoms with E-state index in [4.69, 9.17) is 5.11 Å². The van der Waals surface area contributed by atoms with Crippen molar-refractivity contribution < 1.29 is 14.7 Å². The van der Waals surface area contributed by atoms with Gasteiger partial charge < -0.3 is 10.0 Å². The summed E-state index contributed by atoms with van der Waals surface area (Å²) in [5, 5.41) is 8.45. The van der Waals surface area contributed by atoms with Crippen LogP contribution >= 0.6 is 0 Å². The number of rotatable bonds is 3. The van der Waals surface area contributed by atoms with Gasteiger partial charge in [0.15, 0.2) is 0 Å².